The molecule has 0 aliphatic rings. The Hall–Kier alpha value is -6.34. The second kappa shape index (κ2) is 22.1. The third kappa shape index (κ3) is 16.8. The fraction of sp³-hybridized carbons (Fsp3) is 0.441. The molecule has 0 spiro atoms. The van der Waals surface area contributed by atoms with Gasteiger partial charge in [-0.05, 0) is 177 Å². The van der Waals surface area contributed by atoms with Gasteiger partial charge in [0, 0.05) is 47.8 Å². The van der Waals surface area contributed by atoms with Crippen molar-refractivity contribution in [3.05, 3.63) is 173 Å². The zero-order valence-electron chi connectivity index (χ0n) is 49.2. The molecule has 396 valence electrons. The topological polar surface area (TPSA) is 61.3 Å². The lowest BCUT2D eigenvalue weighted by atomic mass is 9.88. The second-order valence-electron chi connectivity index (χ2n) is 28.5. The molecule has 0 saturated carbocycles. The van der Waals surface area contributed by atoms with Gasteiger partial charge in [-0.1, -0.05) is 161 Å². The van der Waals surface area contributed by atoms with Gasteiger partial charge in [0.15, 0.2) is 0 Å². The fourth-order valence-electron chi connectivity index (χ4n) is 10.2. The number of nitrogens with zero attached hydrogens (tertiary/aromatic N) is 7. The second-order valence-corrected chi connectivity index (χ2v) is 28.5. The Morgan fingerprint density at radius 3 is 0.800 bits per heavy atom. The summed E-state index contributed by atoms with van der Waals surface area (Å²) < 4.78 is 0. The minimum absolute atomic E-state index is 0.0640. The van der Waals surface area contributed by atoms with Gasteiger partial charge < -0.3 is 0 Å². The standard InChI is InChI=1S/C68H89N7/c1-63(2,3)42-48-22-19-25-54(34-48)73(58-37-51(28-31-69-58)45-66(10,11)12)57-40-61(74(55-26-20-23-49(35-55)43-64(4,5)6)59-38-52(29-32-70-59)46-67(13,14)15)72-62(41-57)75(56-27-21-24-50(36-56)44-65(7,8)9)60-39-53(30-33-71-60)47-68(16,17)18/h19-41H,42-47H2,1-18H3. The Kier molecular flexibility index (Phi) is 16.6. The van der Waals surface area contributed by atoms with Gasteiger partial charge in [-0.3, -0.25) is 14.7 Å². The largest absolute Gasteiger partial charge is 0.295 e. The summed E-state index contributed by atoms with van der Waals surface area (Å²) in [5, 5.41) is 0. The molecule has 0 N–H and O–H groups in total. The molecule has 0 fully saturated rings. The maximum Gasteiger partial charge on any atom is 0.143 e. The molecule has 4 heterocycles. The molecule has 4 aromatic heterocycles. The van der Waals surface area contributed by atoms with Gasteiger partial charge in [-0.15, -0.1) is 0 Å². The molecule has 7 nitrogen and oxygen atoms in total. The quantitative estimate of drug-likeness (QED) is 0.101. The summed E-state index contributed by atoms with van der Waals surface area (Å²) in [6.07, 6.45) is 11.3. The van der Waals surface area contributed by atoms with Crippen LogP contribution in [-0.4, -0.2) is 19.9 Å². The highest BCUT2D eigenvalue weighted by Crippen LogP contribution is 2.45. The van der Waals surface area contributed by atoms with E-state index in [1.165, 1.54) is 33.4 Å². The first-order valence-electron chi connectivity index (χ1n) is 27.4. The Morgan fingerprint density at radius 1 is 0.267 bits per heavy atom. The van der Waals surface area contributed by atoms with E-state index in [-0.39, 0.29) is 32.5 Å². The first kappa shape index (κ1) is 56.4. The molecule has 0 amide bonds. The van der Waals surface area contributed by atoms with E-state index in [1.807, 2.05) is 18.6 Å². The van der Waals surface area contributed by atoms with E-state index in [9.17, 15) is 0 Å². The summed E-state index contributed by atoms with van der Waals surface area (Å²) in [7, 11) is 0. The van der Waals surface area contributed by atoms with E-state index in [4.69, 9.17) is 19.9 Å². The van der Waals surface area contributed by atoms with Crippen molar-refractivity contribution in [1.82, 2.24) is 19.9 Å². The molecule has 0 radical (unpaired) electrons. The Labute approximate surface area is 453 Å². The highest BCUT2D eigenvalue weighted by molar-refractivity contribution is 5.85. The zero-order valence-corrected chi connectivity index (χ0v) is 49.2. The van der Waals surface area contributed by atoms with Crippen LogP contribution < -0.4 is 14.7 Å². The highest BCUT2D eigenvalue weighted by atomic mass is 15.3. The molecule has 75 heavy (non-hydrogen) atoms. The predicted molar refractivity (Wildman–Crippen MR) is 321 cm³/mol. The fourth-order valence-corrected chi connectivity index (χ4v) is 10.2. The van der Waals surface area contributed by atoms with Gasteiger partial charge in [0.25, 0.3) is 0 Å². The van der Waals surface area contributed by atoms with E-state index in [2.05, 4.69) is 261 Å². The van der Waals surface area contributed by atoms with Gasteiger partial charge >= 0.3 is 0 Å². The lowest BCUT2D eigenvalue weighted by molar-refractivity contribution is 0.410. The summed E-state index contributed by atoms with van der Waals surface area (Å²) in [5.41, 5.74) is 11.8. The van der Waals surface area contributed by atoms with E-state index < -0.39 is 0 Å². The lowest BCUT2D eigenvalue weighted by Gasteiger charge is -2.32. The highest BCUT2D eigenvalue weighted by Gasteiger charge is 2.28. The van der Waals surface area contributed by atoms with Crippen molar-refractivity contribution in [3.63, 3.8) is 0 Å². The molecule has 0 aliphatic carbocycles. The third-order valence-corrected chi connectivity index (χ3v) is 12.5. The van der Waals surface area contributed by atoms with Crippen LogP contribution >= 0.6 is 0 Å². The normalized spacial score (nSPS) is 12.7. The Bertz CT molecular complexity index is 2520. The van der Waals surface area contributed by atoms with Crippen LogP contribution in [0, 0.1) is 32.5 Å². The molecule has 0 saturated heterocycles. The maximum absolute atomic E-state index is 5.88. The molecule has 0 aliphatic heterocycles. The van der Waals surface area contributed by atoms with Crippen LogP contribution in [0.5, 0.6) is 0 Å². The molecular formula is C68H89N7. The Balaban J connectivity index is 1.62. The number of anilines is 9. The van der Waals surface area contributed by atoms with Gasteiger partial charge in [0.05, 0.1) is 5.69 Å². The molecule has 0 bridgehead atoms. The van der Waals surface area contributed by atoms with Crippen LogP contribution in [0.2, 0.25) is 0 Å². The van der Waals surface area contributed by atoms with E-state index >= 15 is 0 Å². The first-order chi connectivity index (χ1) is 34.8. The van der Waals surface area contributed by atoms with Crippen molar-refractivity contribution in [1.29, 1.82) is 0 Å². The van der Waals surface area contributed by atoms with Crippen LogP contribution in [-0.2, 0) is 38.5 Å². The third-order valence-electron chi connectivity index (χ3n) is 12.5. The van der Waals surface area contributed by atoms with Gasteiger partial charge in [-0.25, -0.2) is 19.9 Å². The SMILES string of the molecule is CC(C)(C)Cc1cccc(N(c2cc(N(c3cccc(CC(C)(C)C)c3)c3cc(CC(C)(C)C)ccn3)nc(N(c3cccc(CC(C)(C)C)c3)c3cc(CC(C)(C)C)ccn3)c2)c2cc(CC(C)(C)C)ccn2)c1. The van der Waals surface area contributed by atoms with Crippen LogP contribution in [0.25, 0.3) is 0 Å². The minimum Gasteiger partial charge on any atom is -0.295 e. The minimum atomic E-state index is 0.0640. The lowest BCUT2D eigenvalue weighted by Crippen LogP contribution is -2.21. The number of hydrogen-bond acceptors (Lipinski definition) is 7. The van der Waals surface area contributed by atoms with Crippen molar-refractivity contribution in [3.8, 4) is 0 Å². The monoisotopic (exact) mass is 1000 g/mol. The molecule has 0 unspecified atom stereocenters. The van der Waals surface area contributed by atoms with Crippen molar-refractivity contribution < 1.29 is 0 Å². The molecule has 7 heteroatoms. The van der Waals surface area contributed by atoms with Gasteiger partial charge in [0.2, 0.25) is 0 Å². The van der Waals surface area contributed by atoms with Crippen LogP contribution in [0.4, 0.5) is 51.8 Å². The van der Waals surface area contributed by atoms with Gasteiger partial charge in [-0.2, -0.15) is 0 Å². The summed E-state index contributed by atoms with van der Waals surface area (Å²) >= 11 is 0. The molecule has 7 rings (SSSR count). The number of rotatable bonds is 15. The van der Waals surface area contributed by atoms with Crippen molar-refractivity contribution >= 4 is 51.8 Å². The van der Waals surface area contributed by atoms with Crippen molar-refractivity contribution in [2.24, 2.45) is 32.5 Å². The number of pyridine rings is 4. The summed E-state index contributed by atoms with van der Waals surface area (Å²) in [4.78, 5) is 28.4. The van der Waals surface area contributed by atoms with Gasteiger partial charge in [0.1, 0.15) is 29.1 Å². The van der Waals surface area contributed by atoms with E-state index in [1.54, 1.807) is 0 Å². The number of benzene rings is 3. The van der Waals surface area contributed by atoms with Crippen LogP contribution in [0.3, 0.4) is 0 Å². The van der Waals surface area contributed by atoms with Crippen molar-refractivity contribution in [2.45, 2.75) is 163 Å². The van der Waals surface area contributed by atoms with Crippen molar-refractivity contribution in [2.75, 3.05) is 14.7 Å². The van der Waals surface area contributed by atoms with Crippen LogP contribution in [0.1, 0.15) is 158 Å². The molecular weight excluding hydrogens is 915 g/mol. The van der Waals surface area contributed by atoms with E-state index in [0.717, 1.165) is 90.4 Å². The summed E-state index contributed by atoms with van der Waals surface area (Å²) in [5.74, 6) is 3.88. The average molecular weight is 1000 g/mol. The number of aromatic nitrogens is 4. The predicted octanol–water partition coefficient (Wildman–Crippen LogP) is 19.2. The molecule has 3 aromatic carbocycles. The molecule has 0 atom stereocenters. The average Bonchev–Trinajstić information content (AvgIpc) is 3.24. The summed E-state index contributed by atoms with van der Waals surface area (Å²) in [6.45, 7) is 41.4. The zero-order chi connectivity index (χ0) is 54.7. The van der Waals surface area contributed by atoms with Crippen LogP contribution in [0.15, 0.2) is 140 Å². The smallest absolute Gasteiger partial charge is 0.143 e. The van der Waals surface area contributed by atoms with E-state index in [0.29, 0.717) is 0 Å². The first-order valence-corrected chi connectivity index (χ1v) is 27.4. The maximum atomic E-state index is 5.88. The Morgan fingerprint density at radius 2 is 0.520 bits per heavy atom. The number of hydrogen-bond donors (Lipinski definition) is 0. The molecule has 7 aromatic rings. The summed E-state index contributed by atoms with van der Waals surface area (Å²) in [6, 6.07) is 44.7.